The molecular weight excluding hydrogens is 300 g/mol. The van der Waals surface area contributed by atoms with E-state index in [4.69, 9.17) is 0 Å². The van der Waals surface area contributed by atoms with Crippen molar-refractivity contribution in [2.75, 3.05) is 21.1 Å². The molecule has 126 valence electrons. The molecule has 2 rings (SSSR count). The van der Waals surface area contributed by atoms with Crippen LogP contribution < -0.4 is 10.6 Å². The van der Waals surface area contributed by atoms with E-state index in [0.29, 0.717) is 12.1 Å². The van der Waals surface area contributed by atoms with Crippen LogP contribution in [0.15, 0.2) is 59.6 Å². The van der Waals surface area contributed by atoms with Crippen LogP contribution in [-0.4, -0.2) is 37.9 Å². The van der Waals surface area contributed by atoms with Gasteiger partial charge in [-0.05, 0) is 23.3 Å². The van der Waals surface area contributed by atoms with E-state index in [-0.39, 0.29) is 5.91 Å². The Hall–Kier alpha value is -2.82. The fourth-order valence-electron chi connectivity index (χ4n) is 2.42. The number of rotatable bonds is 5. The van der Waals surface area contributed by atoms with Crippen molar-refractivity contribution in [2.24, 2.45) is 4.99 Å². The van der Waals surface area contributed by atoms with E-state index < -0.39 is 0 Å². The highest BCUT2D eigenvalue weighted by molar-refractivity contribution is 5.93. The fourth-order valence-corrected chi connectivity index (χ4v) is 2.42. The van der Waals surface area contributed by atoms with Gasteiger partial charge in [-0.3, -0.25) is 9.79 Å². The van der Waals surface area contributed by atoms with E-state index in [1.165, 1.54) is 5.56 Å². The van der Waals surface area contributed by atoms with Crippen LogP contribution in [0.25, 0.3) is 0 Å². The quantitative estimate of drug-likeness (QED) is 0.655. The van der Waals surface area contributed by atoms with Crippen LogP contribution in [0.4, 0.5) is 0 Å². The molecule has 2 aromatic carbocycles. The summed E-state index contributed by atoms with van der Waals surface area (Å²) in [7, 11) is 5.42. The number of nitrogens with zero attached hydrogens (tertiary/aromatic N) is 2. The second kappa shape index (κ2) is 8.72. The number of benzene rings is 2. The van der Waals surface area contributed by atoms with Gasteiger partial charge >= 0.3 is 0 Å². The van der Waals surface area contributed by atoms with Gasteiger partial charge in [-0.2, -0.15) is 0 Å². The van der Waals surface area contributed by atoms with E-state index in [0.717, 1.165) is 18.1 Å². The highest BCUT2D eigenvalue weighted by atomic mass is 16.1. The first-order valence-electron chi connectivity index (χ1n) is 7.90. The van der Waals surface area contributed by atoms with Gasteiger partial charge in [0, 0.05) is 39.8 Å². The first-order chi connectivity index (χ1) is 11.6. The van der Waals surface area contributed by atoms with Gasteiger partial charge in [0.05, 0.1) is 0 Å². The molecule has 0 heterocycles. The van der Waals surface area contributed by atoms with Crippen LogP contribution in [-0.2, 0) is 13.1 Å². The van der Waals surface area contributed by atoms with Gasteiger partial charge in [0.2, 0.25) is 0 Å². The average Bonchev–Trinajstić information content (AvgIpc) is 2.63. The Morgan fingerprint density at radius 2 is 1.71 bits per heavy atom. The van der Waals surface area contributed by atoms with E-state index in [1.54, 1.807) is 14.1 Å². The molecule has 0 spiro atoms. The number of aliphatic imine (C=N–C) groups is 1. The number of guanidine groups is 1. The molecule has 2 N–H and O–H groups in total. The van der Waals surface area contributed by atoms with Crippen LogP contribution in [0.3, 0.4) is 0 Å². The third-order valence-corrected chi connectivity index (χ3v) is 3.73. The van der Waals surface area contributed by atoms with Crippen LogP contribution in [0.2, 0.25) is 0 Å². The minimum absolute atomic E-state index is 0.0760. The van der Waals surface area contributed by atoms with Crippen molar-refractivity contribution < 1.29 is 4.79 Å². The molecule has 2 aromatic rings. The smallest absolute Gasteiger partial charge is 0.251 e. The minimum Gasteiger partial charge on any atom is -0.355 e. The summed E-state index contributed by atoms with van der Waals surface area (Å²) in [6, 6.07) is 17.8. The molecule has 0 bridgehead atoms. The monoisotopic (exact) mass is 324 g/mol. The zero-order valence-corrected chi connectivity index (χ0v) is 14.4. The van der Waals surface area contributed by atoms with Gasteiger partial charge in [-0.25, -0.2) is 0 Å². The van der Waals surface area contributed by atoms with Gasteiger partial charge in [0.15, 0.2) is 5.96 Å². The topological polar surface area (TPSA) is 56.7 Å². The van der Waals surface area contributed by atoms with Crippen molar-refractivity contribution in [3.8, 4) is 0 Å². The van der Waals surface area contributed by atoms with Crippen molar-refractivity contribution in [1.82, 2.24) is 15.5 Å². The number of amides is 1. The van der Waals surface area contributed by atoms with E-state index in [2.05, 4.69) is 32.7 Å². The summed E-state index contributed by atoms with van der Waals surface area (Å²) in [6.45, 7) is 1.44. The maximum Gasteiger partial charge on any atom is 0.251 e. The Kier molecular flexibility index (Phi) is 6.37. The first kappa shape index (κ1) is 17.5. The molecule has 0 unspecified atom stereocenters. The number of hydrogen-bond donors (Lipinski definition) is 2. The summed E-state index contributed by atoms with van der Waals surface area (Å²) < 4.78 is 0. The molecule has 1 amide bonds. The molecule has 0 saturated carbocycles. The molecule has 0 fully saturated rings. The lowest BCUT2D eigenvalue weighted by atomic mass is 10.1. The van der Waals surface area contributed by atoms with Gasteiger partial charge in [-0.1, -0.05) is 42.5 Å². The summed E-state index contributed by atoms with van der Waals surface area (Å²) in [5.74, 6) is 0.752. The second-order valence-corrected chi connectivity index (χ2v) is 5.52. The maximum absolute atomic E-state index is 11.5. The lowest BCUT2D eigenvalue weighted by Gasteiger charge is -2.22. The van der Waals surface area contributed by atoms with Crippen LogP contribution in [0, 0.1) is 0 Å². The molecular formula is C19H24N4O. The van der Waals surface area contributed by atoms with Gasteiger partial charge in [-0.15, -0.1) is 0 Å². The van der Waals surface area contributed by atoms with Crippen molar-refractivity contribution in [3.05, 3.63) is 71.3 Å². The molecule has 5 nitrogen and oxygen atoms in total. The Bertz CT molecular complexity index is 680. The summed E-state index contributed by atoms with van der Waals surface area (Å²) in [6.07, 6.45) is 0. The van der Waals surface area contributed by atoms with Gasteiger partial charge in [0.1, 0.15) is 0 Å². The molecule has 0 aliphatic rings. The second-order valence-electron chi connectivity index (χ2n) is 5.52. The van der Waals surface area contributed by atoms with E-state index in [1.807, 2.05) is 49.5 Å². The maximum atomic E-state index is 11.5. The van der Waals surface area contributed by atoms with E-state index >= 15 is 0 Å². The van der Waals surface area contributed by atoms with Crippen molar-refractivity contribution in [1.29, 1.82) is 0 Å². The summed E-state index contributed by atoms with van der Waals surface area (Å²) in [5, 5.41) is 5.96. The van der Waals surface area contributed by atoms with Gasteiger partial charge < -0.3 is 15.5 Å². The van der Waals surface area contributed by atoms with E-state index in [9.17, 15) is 4.79 Å². The fraction of sp³-hybridized carbons (Fsp3) is 0.263. The molecule has 0 radical (unpaired) electrons. The third-order valence-electron chi connectivity index (χ3n) is 3.73. The van der Waals surface area contributed by atoms with Gasteiger partial charge in [0.25, 0.3) is 5.91 Å². The zero-order valence-electron chi connectivity index (χ0n) is 14.4. The summed E-state index contributed by atoms with van der Waals surface area (Å²) in [4.78, 5) is 18.0. The lowest BCUT2D eigenvalue weighted by Crippen LogP contribution is -2.38. The molecule has 5 heteroatoms. The largest absolute Gasteiger partial charge is 0.355 e. The van der Waals surface area contributed by atoms with Crippen LogP contribution in [0.1, 0.15) is 21.5 Å². The highest BCUT2D eigenvalue weighted by Gasteiger charge is 2.07. The standard InChI is InChI=1S/C19H24N4O/c1-20-18(24)17-11-9-15(10-12-17)13-22-19(21-2)23(3)14-16-7-5-4-6-8-16/h4-12H,13-14H2,1-3H3,(H,20,24)(H,21,22). The Balaban J connectivity index is 1.92. The Morgan fingerprint density at radius 3 is 2.29 bits per heavy atom. The summed E-state index contributed by atoms with van der Waals surface area (Å²) >= 11 is 0. The molecule has 0 saturated heterocycles. The number of hydrogen-bond acceptors (Lipinski definition) is 2. The lowest BCUT2D eigenvalue weighted by molar-refractivity contribution is 0.0963. The normalized spacial score (nSPS) is 11.0. The highest BCUT2D eigenvalue weighted by Crippen LogP contribution is 2.06. The predicted octanol–water partition coefficient (Wildman–Crippen LogP) is 2.25. The van der Waals surface area contributed by atoms with Crippen LogP contribution >= 0.6 is 0 Å². The van der Waals surface area contributed by atoms with Crippen molar-refractivity contribution >= 4 is 11.9 Å². The molecule has 24 heavy (non-hydrogen) atoms. The van der Waals surface area contributed by atoms with Crippen molar-refractivity contribution in [2.45, 2.75) is 13.1 Å². The third kappa shape index (κ3) is 4.84. The van der Waals surface area contributed by atoms with Crippen molar-refractivity contribution in [3.63, 3.8) is 0 Å². The number of nitrogens with one attached hydrogen (secondary N) is 2. The SMILES string of the molecule is CN=C(NCc1ccc(C(=O)NC)cc1)N(C)Cc1ccccc1. The predicted molar refractivity (Wildman–Crippen MR) is 97.9 cm³/mol. The Labute approximate surface area is 143 Å². The van der Waals surface area contributed by atoms with Crippen LogP contribution in [0.5, 0.6) is 0 Å². The average molecular weight is 324 g/mol. The Morgan fingerprint density at radius 1 is 1.04 bits per heavy atom. The minimum atomic E-state index is -0.0760. The molecule has 0 aromatic heterocycles. The molecule has 0 aliphatic carbocycles. The summed E-state index contributed by atoms with van der Waals surface area (Å²) in [5.41, 5.74) is 2.99. The molecule has 0 aliphatic heterocycles. The number of carbonyl (C=O) groups excluding carboxylic acids is 1. The molecule has 0 atom stereocenters. The zero-order chi connectivity index (χ0) is 17.4. The number of carbonyl (C=O) groups is 1. The first-order valence-corrected chi connectivity index (χ1v) is 7.90.